The van der Waals surface area contributed by atoms with E-state index in [1.54, 1.807) is 30.5 Å². The molecule has 3 heterocycles. The standard InChI is InChI=1S/C30H31N3O6S/c1-4-6-12-26-32-29(34)28(30(35)33(26)24(5-2)23-9-7-11-25-27(23)39-18-38-25)40(36,37)21-15-13-20(14-16-21)22-10-8-17-31-19(22)3/h7-11,13-17,24,34H,4-6,12,18H2,1-3H3/t24-/m1/s1. The number of aromatic hydroxyl groups is 1. The number of nitrogens with zero attached hydrogens (tertiary/aromatic N) is 3. The molecule has 1 aliphatic heterocycles. The summed E-state index contributed by atoms with van der Waals surface area (Å²) in [4.78, 5) is 21.8. The molecule has 0 spiro atoms. The van der Waals surface area contributed by atoms with Gasteiger partial charge in [-0.2, -0.15) is 4.98 Å². The topological polar surface area (TPSA) is 121 Å². The number of sulfone groups is 1. The van der Waals surface area contributed by atoms with Crippen LogP contribution in [-0.2, 0) is 16.3 Å². The number of hydrogen-bond acceptors (Lipinski definition) is 8. The van der Waals surface area contributed by atoms with Crippen molar-refractivity contribution in [3.8, 4) is 28.5 Å². The first kappa shape index (κ1) is 27.4. The summed E-state index contributed by atoms with van der Waals surface area (Å²) in [7, 11) is -4.42. The zero-order valence-electron chi connectivity index (χ0n) is 22.6. The molecule has 10 heteroatoms. The number of pyridine rings is 1. The third-order valence-corrected chi connectivity index (χ3v) is 8.91. The van der Waals surface area contributed by atoms with E-state index >= 15 is 0 Å². The van der Waals surface area contributed by atoms with Crippen LogP contribution in [0.5, 0.6) is 17.4 Å². The predicted molar refractivity (Wildman–Crippen MR) is 150 cm³/mol. The molecule has 0 bridgehead atoms. The summed E-state index contributed by atoms with van der Waals surface area (Å²) in [5.41, 5.74) is 2.31. The Kier molecular flexibility index (Phi) is 7.62. The normalized spacial score (nSPS) is 13.4. The van der Waals surface area contributed by atoms with E-state index in [0.29, 0.717) is 42.1 Å². The number of hydrogen-bond donors (Lipinski definition) is 1. The minimum atomic E-state index is -4.42. The molecule has 2 aromatic carbocycles. The van der Waals surface area contributed by atoms with Crippen LogP contribution in [0.15, 0.2) is 75.4 Å². The van der Waals surface area contributed by atoms with Gasteiger partial charge in [0.15, 0.2) is 16.4 Å². The second-order valence-electron chi connectivity index (χ2n) is 9.63. The summed E-state index contributed by atoms with van der Waals surface area (Å²) >= 11 is 0. The third-order valence-electron chi connectivity index (χ3n) is 7.12. The maximum atomic E-state index is 14.1. The van der Waals surface area contributed by atoms with Crippen LogP contribution in [0, 0.1) is 6.92 Å². The van der Waals surface area contributed by atoms with E-state index in [4.69, 9.17) is 9.47 Å². The average Bonchev–Trinajstić information content (AvgIpc) is 3.43. The molecule has 0 radical (unpaired) electrons. The summed E-state index contributed by atoms with van der Waals surface area (Å²) in [6.45, 7) is 5.83. The van der Waals surface area contributed by atoms with Gasteiger partial charge in [0.1, 0.15) is 5.82 Å². The summed E-state index contributed by atoms with van der Waals surface area (Å²) in [5, 5.41) is 10.9. The SMILES string of the molecule is CCCCc1nc(O)c(S(=O)(=O)c2ccc(-c3cccnc3C)cc2)c(=O)n1[C@H](CC)c1cccc2c1OCO2. The van der Waals surface area contributed by atoms with E-state index in [1.807, 2.05) is 39.0 Å². The number of ether oxygens (including phenoxy) is 2. The number of para-hydroxylation sites is 1. The van der Waals surface area contributed by atoms with Crippen LogP contribution < -0.4 is 15.0 Å². The first-order valence-electron chi connectivity index (χ1n) is 13.3. The fourth-order valence-electron chi connectivity index (χ4n) is 5.09. The molecule has 2 aromatic heterocycles. The Morgan fingerprint density at radius 1 is 1.05 bits per heavy atom. The zero-order chi connectivity index (χ0) is 28.4. The lowest BCUT2D eigenvalue weighted by atomic mass is 10.0. The maximum Gasteiger partial charge on any atom is 0.277 e. The second-order valence-corrected chi connectivity index (χ2v) is 11.5. The van der Waals surface area contributed by atoms with Gasteiger partial charge in [-0.25, -0.2) is 8.42 Å². The van der Waals surface area contributed by atoms with E-state index in [-0.39, 0.29) is 11.7 Å². The third kappa shape index (κ3) is 4.83. The van der Waals surface area contributed by atoms with Crippen molar-refractivity contribution in [2.75, 3.05) is 6.79 Å². The molecule has 0 unspecified atom stereocenters. The molecule has 0 saturated carbocycles. The molecule has 208 valence electrons. The van der Waals surface area contributed by atoms with Crippen LogP contribution >= 0.6 is 0 Å². The Balaban J connectivity index is 1.65. The number of aryl methyl sites for hydroxylation is 2. The minimum absolute atomic E-state index is 0.0579. The van der Waals surface area contributed by atoms with Crippen molar-refractivity contribution in [1.29, 1.82) is 0 Å². The fraction of sp³-hybridized carbons (Fsp3) is 0.300. The van der Waals surface area contributed by atoms with Gasteiger partial charge >= 0.3 is 0 Å². The van der Waals surface area contributed by atoms with Crippen molar-refractivity contribution in [3.05, 3.63) is 88.2 Å². The lowest BCUT2D eigenvalue weighted by Gasteiger charge is -2.24. The first-order valence-corrected chi connectivity index (χ1v) is 14.8. The lowest BCUT2D eigenvalue weighted by Crippen LogP contribution is -2.33. The first-order chi connectivity index (χ1) is 19.3. The van der Waals surface area contributed by atoms with E-state index in [2.05, 4.69) is 9.97 Å². The number of rotatable bonds is 9. The van der Waals surface area contributed by atoms with Crippen LogP contribution in [0.2, 0.25) is 0 Å². The number of unbranched alkanes of at least 4 members (excludes halogenated alkanes) is 1. The molecule has 5 rings (SSSR count). The van der Waals surface area contributed by atoms with E-state index < -0.39 is 32.2 Å². The quantitative estimate of drug-likeness (QED) is 0.295. The van der Waals surface area contributed by atoms with Gasteiger partial charge in [-0.05, 0) is 49.6 Å². The minimum Gasteiger partial charge on any atom is -0.492 e. The van der Waals surface area contributed by atoms with Crippen LogP contribution in [0.1, 0.15) is 56.2 Å². The molecule has 1 atom stereocenters. The highest BCUT2D eigenvalue weighted by molar-refractivity contribution is 7.91. The average molecular weight is 562 g/mol. The molecule has 40 heavy (non-hydrogen) atoms. The fourth-order valence-corrected chi connectivity index (χ4v) is 6.44. The summed E-state index contributed by atoms with van der Waals surface area (Å²) in [5.74, 6) is 0.588. The predicted octanol–water partition coefficient (Wildman–Crippen LogP) is 5.22. The van der Waals surface area contributed by atoms with Crippen molar-refractivity contribution in [2.24, 2.45) is 0 Å². The second kappa shape index (κ2) is 11.1. The van der Waals surface area contributed by atoms with Crippen molar-refractivity contribution >= 4 is 9.84 Å². The van der Waals surface area contributed by atoms with Gasteiger partial charge in [0.25, 0.3) is 5.56 Å². The van der Waals surface area contributed by atoms with Gasteiger partial charge in [-0.3, -0.25) is 14.3 Å². The molecule has 0 amide bonds. The van der Waals surface area contributed by atoms with Gasteiger partial charge in [0.05, 0.1) is 10.9 Å². The molecular formula is C30H31N3O6S. The molecular weight excluding hydrogens is 530 g/mol. The molecule has 1 N–H and O–H groups in total. The molecule has 1 aliphatic rings. The van der Waals surface area contributed by atoms with Gasteiger partial charge in [-0.15, -0.1) is 0 Å². The summed E-state index contributed by atoms with van der Waals surface area (Å²) in [6, 6.07) is 14.7. The molecule has 4 aromatic rings. The van der Waals surface area contributed by atoms with Crippen LogP contribution in [-0.4, -0.2) is 34.9 Å². The Hall–Kier alpha value is -4.18. The van der Waals surface area contributed by atoms with Gasteiger partial charge in [0.2, 0.25) is 22.5 Å². The highest BCUT2D eigenvalue weighted by Crippen LogP contribution is 2.41. The molecule has 0 aliphatic carbocycles. The number of fused-ring (bicyclic) bond motifs is 1. The number of aromatic nitrogens is 3. The van der Waals surface area contributed by atoms with Crippen molar-refractivity contribution in [1.82, 2.24) is 14.5 Å². The van der Waals surface area contributed by atoms with Crippen LogP contribution in [0.25, 0.3) is 11.1 Å². The van der Waals surface area contributed by atoms with Crippen LogP contribution in [0.4, 0.5) is 0 Å². The van der Waals surface area contributed by atoms with Gasteiger partial charge < -0.3 is 14.6 Å². The highest BCUT2D eigenvalue weighted by atomic mass is 32.2. The molecule has 9 nitrogen and oxygen atoms in total. The van der Waals surface area contributed by atoms with Gasteiger partial charge in [0, 0.05) is 29.4 Å². The van der Waals surface area contributed by atoms with Crippen molar-refractivity contribution in [2.45, 2.75) is 62.3 Å². The molecule has 0 fully saturated rings. The van der Waals surface area contributed by atoms with Gasteiger partial charge in [-0.1, -0.05) is 50.6 Å². The number of benzene rings is 2. The lowest BCUT2D eigenvalue weighted by molar-refractivity contribution is 0.172. The van der Waals surface area contributed by atoms with Crippen molar-refractivity contribution in [3.63, 3.8) is 0 Å². The van der Waals surface area contributed by atoms with E-state index in [0.717, 1.165) is 23.2 Å². The Morgan fingerprint density at radius 3 is 2.52 bits per heavy atom. The Morgan fingerprint density at radius 2 is 1.82 bits per heavy atom. The maximum absolute atomic E-state index is 14.1. The molecule has 0 saturated heterocycles. The smallest absolute Gasteiger partial charge is 0.277 e. The summed E-state index contributed by atoms with van der Waals surface area (Å²) < 4.78 is 40.3. The summed E-state index contributed by atoms with van der Waals surface area (Å²) in [6.07, 6.45) is 4.06. The monoisotopic (exact) mass is 561 g/mol. The van der Waals surface area contributed by atoms with E-state index in [9.17, 15) is 18.3 Å². The Bertz CT molecular complexity index is 1710. The largest absolute Gasteiger partial charge is 0.492 e. The van der Waals surface area contributed by atoms with E-state index in [1.165, 1.54) is 16.7 Å². The Labute approximate surface area is 233 Å². The highest BCUT2D eigenvalue weighted by Gasteiger charge is 2.33. The van der Waals surface area contributed by atoms with Crippen LogP contribution in [0.3, 0.4) is 0 Å². The zero-order valence-corrected chi connectivity index (χ0v) is 23.4. The van der Waals surface area contributed by atoms with Crippen molar-refractivity contribution < 1.29 is 23.0 Å².